The van der Waals surface area contributed by atoms with Gasteiger partial charge >= 0.3 is 0 Å². The summed E-state index contributed by atoms with van der Waals surface area (Å²) < 4.78 is 33.4. The molecule has 0 atom stereocenters. The zero-order valence-corrected chi connectivity index (χ0v) is 15.2. The molecule has 0 bridgehead atoms. The maximum absolute atomic E-state index is 13.8. The molecule has 3 heterocycles. The molecule has 1 fully saturated rings. The third-order valence-corrected chi connectivity index (χ3v) is 5.51. The van der Waals surface area contributed by atoms with Gasteiger partial charge in [0, 0.05) is 32.2 Å². The van der Waals surface area contributed by atoms with Crippen molar-refractivity contribution in [3.05, 3.63) is 46.3 Å². The van der Waals surface area contributed by atoms with E-state index in [9.17, 15) is 13.6 Å². The summed E-state index contributed by atoms with van der Waals surface area (Å²) in [5.74, 6) is -1.14. The van der Waals surface area contributed by atoms with Crippen molar-refractivity contribution in [1.82, 2.24) is 9.88 Å². The molecule has 0 unspecified atom stereocenters. The maximum Gasteiger partial charge on any atom is 0.289 e. The highest BCUT2D eigenvalue weighted by Crippen LogP contribution is 2.31. The molecule has 1 amide bonds. The summed E-state index contributed by atoms with van der Waals surface area (Å²) in [6, 6.07) is 5.43. The van der Waals surface area contributed by atoms with Crippen LogP contribution in [0.3, 0.4) is 0 Å². The Balaban J connectivity index is 1.48. The van der Waals surface area contributed by atoms with Gasteiger partial charge in [0.25, 0.3) is 5.91 Å². The number of carbonyl (C=O) groups is 1. The molecule has 9 heteroatoms. The quantitative estimate of drug-likeness (QED) is 0.622. The Kier molecular flexibility index (Phi) is 4.20. The van der Waals surface area contributed by atoms with E-state index in [1.807, 2.05) is 4.90 Å². The number of hydrogen-bond donors (Lipinski definition) is 0. The lowest BCUT2D eigenvalue weighted by atomic mass is 10.3. The second kappa shape index (κ2) is 6.38. The summed E-state index contributed by atoms with van der Waals surface area (Å²) >= 11 is 4.43. The Morgan fingerprint density at radius 1 is 1.20 bits per heavy atom. The van der Waals surface area contributed by atoms with Gasteiger partial charge < -0.3 is 14.2 Å². The number of piperazine rings is 1. The fourth-order valence-corrected chi connectivity index (χ4v) is 4.13. The van der Waals surface area contributed by atoms with Gasteiger partial charge in [0.15, 0.2) is 21.4 Å². The Hall–Kier alpha value is -2.00. The second-order valence-electron chi connectivity index (χ2n) is 5.61. The van der Waals surface area contributed by atoms with Crippen LogP contribution in [0.2, 0.25) is 0 Å². The number of hydrogen-bond acceptors (Lipinski definition) is 5. The normalized spacial score (nSPS) is 15.2. The molecule has 4 rings (SSSR count). The van der Waals surface area contributed by atoms with Crippen molar-refractivity contribution in [2.75, 3.05) is 31.1 Å². The smallest absolute Gasteiger partial charge is 0.289 e. The Bertz CT molecular complexity index is 950. The number of benzene rings is 1. The highest BCUT2D eigenvalue weighted by atomic mass is 79.9. The van der Waals surface area contributed by atoms with Crippen LogP contribution in [0.25, 0.3) is 10.2 Å². The van der Waals surface area contributed by atoms with E-state index < -0.39 is 11.6 Å². The van der Waals surface area contributed by atoms with E-state index in [1.54, 1.807) is 17.0 Å². The van der Waals surface area contributed by atoms with Gasteiger partial charge in [-0.1, -0.05) is 11.3 Å². The van der Waals surface area contributed by atoms with Crippen molar-refractivity contribution in [1.29, 1.82) is 0 Å². The molecule has 0 spiro atoms. The number of amides is 1. The van der Waals surface area contributed by atoms with Crippen LogP contribution in [0.15, 0.2) is 33.4 Å². The van der Waals surface area contributed by atoms with Crippen LogP contribution in [-0.2, 0) is 0 Å². The first kappa shape index (κ1) is 16.5. The first-order valence-electron chi connectivity index (χ1n) is 7.56. The Morgan fingerprint density at radius 3 is 2.64 bits per heavy atom. The van der Waals surface area contributed by atoms with Crippen molar-refractivity contribution in [2.24, 2.45) is 0 Å². The number of thiazole rings is 1. The molecule has 1 aliphatic rings. The average molecular weight is 428 g/mol. The number of furan rings is 1. The maximum atomic E-state index is 13.8. The third kappa shape index (κ3) is 3.13. The van der Waals surface area contributed by atoms with Gasteiger partial charge in [0.05, 0.1) is 4.70 Å². The van der Waals surface area contributed by atoms with Gasteiger partial charge in [-0.25, -0.2) is 13.8 Å². The lowest BCUT2D eigenvalue weighted by molar-refractivity contribution is 0.0713. The number of fused-ring (bicyclic) bond motifs is 1. The molecule has 3 aromatic rings. The van der Waals surface area contributed by atoms with Crippen LogP contribution < -0.4 is 4.90 Å². The Morgan fingerprint density at radius 2 is 1.96 bits per heavy atom. The van der Waals surface area contributed by atoms with Crippen LogP contribution in [0.5, 0.6) is 0 Å². The van der Waals surface area contributed by atoms with E-state index in [0.29, 0.717) is 40.7 Å². The molecule has 1 aromatic carbocycles. The number of carbonyl (C=O) groups excluding carboxylic acids is 1. The van der Waals surface area contributed by atoms with Crippen LogP contribution in [-0.4, -0.2) is 42.0 Å². The van der Waals surface area contributed by atoms with Crippen molar-refractivity contribution in [2.45, 2.75) is 0 Å². The van der Waals surface area contributed by atoms with E-state index in [1.165, 1.54) is 17.4 Å². The molecule has 0 N–H and O–H groups in total. The molecule has 1 aliphatic heterocycles. The van der Waals surface area contributed by atoms with Crippen molar-refractivity contribution in [3.8, 4) is 0 Å². The second-order valence-corrected chi connectivity index (χ2v) is 7.40. The van der Waals surface area contributed by atoms with Gasteiger partial charge in [-0.2, -0.15) is 0 Å². The van der Waals surface area contributed by atoms with E-state index >= 15 is 0 Å². The molecule has 0 aliphatic carbocycles. The summed E-state index contributed by atoms with van der Waals surface area (Å²) in [5.41, 5.74) is 0.181. The standard InChI is InChI=1S/C16H12BrF2N3O2S/c17-13-2-1-11(24-13)15(23)21-3-5-22(6-4-21)16-20-14-10(19)7-9(18)8-12(14)25-16/h1-2,7-8H,3-6H2. The topological polar surface area (TPSA) is 49.6 Å². The van der Waals surface area contributed by atoms with Gasteiger partial charge in [-0.05, 0) is 34.1 Å². The van der Waals surface area contributed by atoms with Crippen molar-refractivity contribution >= 4 is 48.5 Å². The van der Waals surface area contributed by atoms with Gasteiger partial charge in [-0.3, -0.25) is 4.79 Å². The zero-order valence-electron chi connectivity index (χ0n) is 12.8. The lowest BCUT2D eigenvalue weighted by Crippen LogP contribution is -2.48. The number of rotatable bonds is 2. The molecule has 130 valence electrons. The molecule has 1 saturated heterocycles. The summed E-state index contributed by atoms with van der Waals surface area (Å²) in [4.78, 5) is 20.3. The predicted molar refractivity (Wildman–Crippen MR) is 94.1 cm³/mol. The number of nitrogens with zero attached hydrogens (tertiary/aromatic N) is 3. The van der Waals surface area contributed by atoms with Gasteiger partial charge in [0.2, 0.25) is 0 Å². The van der Waals surface area contributed by atoms with Crippen LogP contribution in [0, 0.1) is 11.6 Å². The molecule has 0 saturated carbocycles. The summed E-state index contributed by atoms with van der Waals surface area (Å²) in [6.45, 7) is 2.14. The van der Waals surface area contributed by atoms with E-state index in [4.69, 9.17) is 4.42 Å². The number of anilines is 1. The highest BCUT2D eigenvalue weighted by Gasteiger charge is 2.26. The third-order valence-electron chi connectivity index (χ3n) is 4.02. The first-order valence-corrected chi connectivity index (χ1v) is 9.17. The molecule has 25 heavy (non-hydrogen) atoms. The first-order chi connectivity index (χ1) is 12.0. The zero-order chi connectivity index (χ0) is 17.6. The molecule has 2 aromatic heterocycles. The Labute approximate surface area is 154 Å². The summed E-state index contributed by atoms with van der Waals surface area (Å²) in [6.07, 6.45) is 0. The number of halogens is 3. The molecule has 0 radical (unpaired) electrons. The van der Waals surface area contributed by atoms with Crippen LogP contribution in [0.4, 0.5) is 13.9 Å². The molecular formula is C16H12BrF2N3O2S. The van der Waals surface area contributed by atoms with Gasteiger partial charge in [0.1, 0.15) is 11.3 Å². The summed E-state index contributed by atoms with van der Waals surface area (Å²) in [5, 5.41) is 0.632. The lowest BCUT2D eigenvalue weighted by Gasteiger charge is -2.34. The molecular weight excluding hydrogens is 416 g/mol. The summed E-state index contributed by atoms with van der Waals surface area (Å²) in [7, 11) is 0. The molecule has 5 nitrogen and oxygen atoms in total. The monoisotopic (exact) mass is 427 g/mol. The predicted octanol–water partition coefficient (Wildman–Crippen LogP) is 3.89. The fourth-order valence-electron chi connectivity index (χ4n) is 2.77. The van der Waals surface area contributed by atoms with Crippen LogP contribution in [0.1, 0.15) is 10.6 Å². The van der Waals surface area contributed by atoms with Crippen molar-refractivity contribution < 1.29 is 18.0 Å². The van der Waals surface area contributed by atoms with E-state index in [2.05, 4.69) is 20.9 Å². The van der Waals surface area contributed by atoms with Crippen LogP contribution >= 0.6 is 27.3 Å². The SMILES string of the molecule is O=C(c1ccc(Br)o1)N1CCN(c2nc3c(F)cc(F)cc3s2)CC1. The largest absolute Gasteiger partial charge is 0.444 e. The average Bonchev–Trinajstić information content (AvgIpc) is 3.21. The number of aromatic nitrogens is 1. The minimum Gasteiger partial charge on any atom is -0.444 e. The minimum absolute atomic E-state index is 0.164. The minimum atomic E-state index is -0.658. The van der Waals surface area contributed by atoms with E-state index in [-0.39, 0.29) is 17.2 Å². The van der Waals surface area contributed by atoms with Crippen molar-refractivity contribution in [3.63, 3.8) is 0 Å². The van der Waals surface area contributed by atoms with E-state index in [0.717, 1.165) is 6.07 Å². The highest BCUT2D eigenvalue weighted by molar-refractivity contribution is 9.10. The van der Waals surface area contributed by atoms with Gasteiger partial charge in [-0.15, -0.1) is 0 Å². The fraction of sp³-hybridized carbons (Fsp3) is 0.250.